The van der Waals surface area contributed by atoms with Gasteiger partial charge in [0, 0.05) is 6.92 Å². The Kier molecular flexibility index (Phi) is 8.09. The van der Waals surface area contributed by atoms with Gasteiger partial charge < -0.3 is 8.99 Å². The minimum Gasteiger partial charge on any atom is -0.381 e. The molecule has 1 rings (SSSR count). The molecule has 1 aliphatic rings. The third-order valence-corrected chi connectivity index (χ3v) is 16.0. The van der Waals surface area contributed by atoms with E-state index in [1.807, 2.05) is 6.08 Å². The van der Waals surface area contributed by atoms with Gasteiger partial charge in [0.05, 0.1) is 0 Å². The van der Waals surface area contributed by atoms with E-state index < -0.39 is 16.6 Å². The third kappa shape index (κ3) is 4.27. The molecule has 0 N–H and O–H groups in total. The summed E-state index contributed by atoms with van der Waals surface area (Å²) in [5.41, 5.74) is 0.550. The summed E-state index contributed by atoms with van der Waals surface area (Å²) < 4.78 is 9.16. The van der Waals surface area contributed by atoms with Crippen LogP contribution >= 0.6 is 0 Å². The summed E-state index contributed by atoms with van der Waals surface area (Å²) in [5.74, 6) is 0.0213. The van der Waals surface area contributed by atoms with Crippen LogP contribution in [-0.4, -0.2) is 39.0 Å². The highest BCUT2D eigenvalue weighted by Crippen LogP contribution is 2.33. The highest BCUT2D eigenvalue weighted by molar-refractivity contribution is 6.77. The number of allylic oxidation sites excluding steroid dienone is 1. The molecule has 4 nitrogen and oxygen atoms in total. The Labute approximate surface area is 150 Å². The average molecular weight is 369 g/mol. The van der Waals surface area contributed by atoms with Crippen molar-refractivity contribution in [1.82, 2.24) is 4.57 Å². The van der Waals surface area contributed by atoms with Gasteiger partial charge in [0.1, 0.15) is 5.71 Å². The van der Waals surface area contributed by atoms with Crippen LogP contribution in [0.5, 0.6) is 0 Å². The van der Waals surface area contributed by atoms with E-state index in [-0.39, 0.29) is 12.1 Å². The first-order valence-electron chi connectivity index (χ1n) is 9.60. The van der Waals surface area contributed by atoms with E-state index in [2.05, 4.69) is 52.3 Å². The zero-order valence-electron chi connectivity index (χ0n) is 16.7. The summed E-state index contributed by atoms with van der Waals surface area (Å²) in [6.45, 7) is 15.2. The summed E-state index contributed by atoms with van der Waals surface area (Å²) in [4.78, 5) is 16.6. The van der Waals surface area contributed by atoms with Gasteiger partial charge in [-0.3, -0.25) is 4.79 Å². The van der Waals surface area contributed by atoms with Crippen molar-refractivity contribution >= 4 is 28.0 Å². The van der Waals surface area contributed by atoms with Crippen LogP contribution in [0.2, 0.25) is 36.3 Å². The Morgan fingerprint density at radius 3 is 1.92 bits per heavy atom. The number of hydrogen-bond acceptors (Lipinski definition) is 4. The van der Waals surface area contributed by atoms with Gasteiger partial charge in [-0.15, -0.1) is 0 Å². The molecule has 0 saturated carbocycles. The van der Waals surface area contributed by atoms with E-state index in [1.54, 1.807) is 6.92 Å². The van der Waals surface area contributed by atoms with Crippen molar-refractivity contribution in [1.29, 1.82) is 0 Å². The maximum atomic E-state index is 11.9. The molecule has 138 valence electrons. The molecule has 0 bridgehead atoms. The number of carbonyl (C=O) groups is 1. The number of carbonyl (C=O) groups excluding carboxylic acids is 1. The highest BCUT2D eigenvalue weighted by atomic mass is 28.4. The van der Waals surface area contributed by atoms with E-state index in [9.17, 15) is 4.79 Å². The molecule has 1 heterocycles. The fraction of sp³-hybridized carbons (Fsp3) is 0.778. The number of aliphatic imine (C=N–C) groups is 1. The summed E-state index contributed by atoms with van der Waals surface area (Å²) in [7, 11) is -3.46. The Balaban J connectivity index is 3.28. The molecule has 0 fully saturated rings. The quantitative estimate of drug-likeness (QED) is 0.500. The van der Waals surface area contributed by atoms with Gasteiger partial charge in [0.2, 0.25) is 6.35 Å². The standard InChI is InChI=1S/C18H36N2O2Si2/c1-8-23(9-2,10-3)20-15-14-17(16(7)21)19-18(20)22-24(11-4,12-5)13-6/h14-15,18H,8-13H2,1-7H3. The van der Waals surface area contributed by atoms with Crippen molar-refractivity contribution in [3.63, 3.8) is 0 Å². The van der Waals surface area contributed by atoms with Gasteiger partial charge in [-0.25, -0.2) is 4.99 Å². The summed E-state index contributed by atoms with van der Waals surface area (Å²) in [6.07, 6.45) is 3.70. The van der Waals surface area contributed by atoms with Gasteiger partial charge in [-0.1, -0.05) is 41.5 Å². The minimum absolute atomic E-state index is 0.0213. The number of nitrogens with zero attached hydrogens (tertiary/aromatic N) is 2. The molecule has 6 heteroatoms. The third-order valence-electron chi connectivity index (χ3n) is 6.05. The monoisotopic (exact) mass is 368 g/mol. The van der Waals surface area contributed by atoms with Crippen LogP contribution < -0.4 is 0 Å². The first-order valence-corrected chi connectivity index (χ1v) is 14.7. The van der Waals surface area contributed by atoms with Gasteiger partial charge in [0.25, 0.3) is 0 Å². The molecule has 0 aromatic rings. The lowest BCUT2D eigenvalue weighted by molar-refractivity contribution is -0.111. The van der Waals surface area contributed by atoms with Gasteiger partial charge in [0.15, 0.2) is 22.3 Å². The summed E-state index contributed by atoms with van der Waals surface area (Å²) in [5, 5.41) is 0. The van der Waals surface area contributed by atoms with Gasteiger partial charge >= 0.3 is 0 Å². The molecule has 0 aromatic carbocycles. The molecule has 0 radical (unpaired) electrons. The first kappa shape index (κ1) is 21.3. The van der Waals surface area contributed by atoms with Crippen LogP contribution in [0.1, 0.15) is 48.5 Å². The zero-order valence-corrected chi connectivity index (χ0v) is 18.7. The SMILES string of the molecule is CC[Si](CC)(CC)OC1N=C(C(C)=O)C=CN1[Si](CC)(CC)CC. The van der Waals surface area contributed by atoms with E-state index in [4.69, 9.17) is 9.42 Å². The Morgan fingerprint density at radius 2 is 1.54 bits per heavy atom. The Bertz CT molecular complexity index is 467. The number of hydrogen-bond donors (Lipinski definition) is 0. The van der Waals surface area contributed by atoms with Crippen molar-refractivity contribution < 1.29 is 9.22 Å². The van der Waals surface area contributed by atoms with E-state index in [0.717, 1.165) is 18.1 Å². The Morgan fingerprint density at radius 1 is 1.04 bits per heavy atom. The van der Waals surface area contributed by atoms with Crippen LogP contribution in [0.15, 0.2) is 17.3 Å². The van der Waals surface area contributed by atoms with Crippen molar-refractivity contribution in [3.8, 4) is 0 Å². The van der Waals surface area contributed by atoms with Gasteiger partial charge in [-0.05, 0) is 48.5 Å². The Hall–Kier alpha value is -0.726. The van der Waals surface area contributed by atoms with Gasteiger partial charge in [-0.2, -0.15) is 0 Å². The number of ketones is 1. The zero-order chi connectivity index (χ0) is 18.4. The van der Waals surface area contributed by atoms with Crippen molar-refractivity contribution in [2.45, 2.75) is 91.1 Å². The predicted molar refractivity (Wildman–Crippen MR) is 108 cm³/mol. The lowest BCUT2D eigenvalue weighted by Crippen LogP contribution is -2.58. The second-order valence-corrected chi connectivity index (χ2v) is 16.6. The molecule has 0 spiro atoms. The van der Waals surface area contributed by atoms with E-state index in [1.165, 1.54) is 18.1 Å². The smallest absolute Gasteiger partial charge is 0.211 e. The molecule has 1 aliphatic heterocycles. The van der Waals surface area contributed by atoms with Crippen molar-refractivity contribution in [2.75, 3.05) is 0 Å². The van der Waals surface area contributed by atoms with Crippen molar-refractivity contribution in [3.05, 3.63) is 12.3 Å². The molecule has 0 aliphatic carbocycles. The normalized spacial score (nSPS) is 18.7. The maximum absolute atomic E-state index is 11.9. The molecule has 24 heavy (non-hydrogen) atoms. The van der Waals surface area contributed by atoms with E-state index in [0.29, 0.717) is 5.71 Å². The fourth-order valence-corrected chi connectivity index (χ4v) is 9.94. The summed E-state index contributed by atoms with van der Waals surface area (Å²) in [6, 6.07) is 6.81. The topological polar surface area (TPSA) is 41.9 Å². The lowest BCUT2D eigenvalue weighted by atomic mass is 10.2. The average Bonchev–Trinajstić information content (AvgIpc) is 2.62. The molecule has 1 unspecified atom stereocenters. The second-order valence-electron chi connectivity index (χ2n) is 6.77. The van der Waals surface area contributed by atoms with Crippen LogP contribution in [0.4, 0.5) is 0 Å². The van der Waals surface area contributed by atoms with Crippen LogP contribution in [0, 0.1) is 0 Å². The second kappa shape index (κ2) is 9.10. The first-order chi connectivity index (χ1) is 11.4. The molecule has 0 amide bonds. The van der Waals surface area contributed by atoms with Crippen molar-refractivity contribution in [2.24, 2.45) is 4.99 Å². The molecule has 0 saturated heterocycles. The van der Waals surface area contributed by atoms with Crippen LogP contribution in [0.3, 0.4) is 0 Å². The number of Topliss-reactive ketones (excluding diaryl/α,β-unsaturated/α-hetero) is 1. The number of rotatable bonds is 10. The van der Waals surface area contributed by atoms with Crippen LogP contribution in [0.25, 0.3) is 0 Å². The molecular formula is C18H36N2O2Si2. The molecule has 0 aromatic heterocycles. The van der Waals surface area contributed by atoms with E-state index >= 15 is 0 Å². The highest BCUT2D eigenvalue weighted by Gasteiger charge is 2.42. The minimum atomic E-state index is -1.80. The summed E-state index contributed by atoms with van der Waals surface area (Å²) >= 11 is 0. The fourth-order valence-electron chi connectivity index (χ4n) is 3.65. The predicted octanol–water partition coefficient (Wildman–Crippen LogP) is 5.16. The van der Waals surface area contributed by atoms with Crippen LogP contribution in [-0.2, 0) is 9.22 Å². The lowest BCUT2D eigenvalue weighted by Gasteiger charge is -2.47. The maximum Gasteiger partial charge on any atom is 0.211 e. The molecular weight excluding hydrogens is 332 g/mol. The largest absolute Gasteiger partial charge is 0.381 e. The molecule has 1 atom stereocenters.